The average Bonchev–Trinajstić information content (AvgIpc) is 2.34. The third-order valence-electron chi connectivity index (χ3n) is 2.88. The number of hydrogen-bond acceptors (Lipinski definition) is 3. The molecule has 1 aliphatic rings. The number of thioether (sulfide) groups is 1. The summed E-state index contributed by atoms with van der Waals surface area (Å²) in [6.45, 7) is 2.73. The van der Waals surface area contributed by atoms with E-state index in [4.69, 9.17) is 0 Å². The molecule has 1 unspecified atom stereocenters. The molecule has 18 heavy (non-hydrogen) atoms. The van der Waals surface area contributed by atoms with E-state index < -0.39 is 6.67 Å². The highest BCUT2D eigenvalue weighted by atomic mass is 32.2. The van der Waals surface area contributed by atoms with Gasteiger partial charge in [-0.25, -0.2) is 4.39 Å². The van der Waals surface area contributed by atoms with Crippen LogP contribution in [-0.4, -0.2) is 30.2 Å². The van der Waals surface area contributed by atoms with Crippen molar-refractivity contribution in [3.05, 3.63) is 23.8 Å². The van der Waals surface area contributed by atoms with Crippen LogP contribution in [0.1, 0.15) is 24.2 Å². The minimum absolute atomic E-state index is 0.0398. The van der Waals surface area contributed by atoms with Gasteiger partial charge in [-0.15, -0.1) is 11.8 Å². The first-order valence-corrected chi connectivity index (χ1v) is 6.61. The van der Waals surface area contributed by atoms with Gasteiger partial charge in [-0.1, -0.05) is 6.07 Å². The summed E-state index contributed by atoms with van der Waals surface area (Å²) in [6, 6.07) is 5.24. The number of benzene rings is 1. The van der Waals surface area contributed by atoms with E-state index in [9.17, 15) is 14.0 Å². The van der Waals surface area contributed by atoms with E-state index >= 15 is 0 Å². The second-order valence-electron chi connectivity index (χ2n) is 4.18. The van der Waals surface area contributed by atoms with Crippen LogP contribution in [-0.2, 0) is 4.79 Å². The quantitative estimate of drug-likeness (QED) is 0.790. The second kappa shape index (κ2) is 5.10. The van der Waals surface area contributed by atoms with E-state index in [1.807, 2.05) is 6.07 Å². The molecule has 0 fully saturated rings. The minimum Gasteiger partial charge on any atom is -0.308 e. The Morgan fingerprint density at radius 3 is 2.83 bits per heavy atom. The number of ketones is 1. The zero-order valence-electron chi connectivity index (χ0n) is 10.3. The standard InChI is InChI=1S/C13H14FNO2S/c1-8(16)10-3-4-12-11(7-10)15(6-5-14)13(17)9(2)18-12/h3-4,7,9H,5-6H2,1-2H3. The number of rotatable bonds is 3. The maximum atomic E-state index is 12.6. The van der Waals surface area contributed by atoms with Gasteiger partial charge in [0.25, 0.3) is 0 Å². The van der Waals surface area contributed by atoms with E-state index in [1.54, 1.807) is 19.1 Å². The van der Waals surface area contributed by atoms with Crippen molar-refractivity contribution in [3.63, 3.8) is 0 Å². The summed E-state index contributed by atoms with van der Waals surface area (Å²) in [6.07, 6.45) is 0. The molecule has 96 valence electrons. The first-order chi connectivity index (χ1) is 8.54. The zero-order valence-corrected chi connectivity index (χ0v) is 11.1. The van der Waals surface area contributed by atoms with Crippen molar-refractivity contribution < 1.29 is 14.0 Å². The SMILES string of the molecule is CC(=O)c1ccc2c(c1)N(CCF)C(=O)C(C)S2. The number of anilines is 1. The maximum Gasteiger partial charge on any atom is 0.240 e. The van der Waals surface area contributed by atoms with Gasteiger partial charge < -0.3 is 4.90 Å². The number of carbonyl (C=O) groups is 2. The molecule has 0 bridgehead atoms. The van der Waals surface area contributed by atoms with Crippen molar-refractivity contribution in [1.82, 2.24) is 0 Å². The predicted octanol–water partition coefficient (Wildman–Crippen LogP) is 2.69. The number of carbonyl (C=O) groups excluding carboxylic acids is 2. The first kappa shape index (κ1) is 13.1. The van der Waals surface area contributed by atoms with Crippen molar-refractivity contribution in [2.24, 2.45) is 0 Å². The topological polar surface area (TPSA) is 37.4 Å². The Balaban J connectivity index is 2.48. The fourth-order valence-corrected chi connectivity index (χ4v) is 2.99. The minimum atomic E-state index is -0.590. The van der Waals surface area contributed by atoms with Crippen molar-refractivity contribution in [3.8, 4) is 0 Å². The predicted molar refractivity (Wildman–Crippen MR) is 70.1 cm³/mol. The highest BCUT2D eigenvalue weighted by Crippen LogP contribution is 2.39. The number of fused-ring (bicyclic) bond motifs is 1. The summed E-state index contributed by atoms with van der Waals surface area (Å²) in [7, 11) is 0. The van der Waals surface area contributed by atoms with Crippen molar-refractivity contribution in [2.75, 3.05) is 18.1 Å². The number of nitrogens with zero attached hydrogens (tertiary/aromatic N) is 1. The molecule has 1 heterocycles. The fourth-order valence-electron chi connectivity index (χ4n) is 1.94. The normalized spacial score (nSPS) is 18.7. The molecule has 0 saturated heterocycles. The summed E-state index contributed by atoms with van der Waals surface area (Å²) in [5, 5.41) is -0.216. The highest BCUT2D eigenvalue weighted by molar-refractivity contribution is 8.00. The number of halogens is 1. The Bertz CT molecular complexity index is 504. The van der Waals surface area contributed by atoms with Crippen LogP contribution in [0.5, 0.6) is 0 Å². The lowest BCUT2D eigenvalue weighted by atomic mass is 10.1. The summed E-state index contributed by atoms with van der Waals surface area (Å²) in [5.41, 5.74) is 1.19. The van der Waals surface area contributed by atoms with Crippen molar-refractivity contribution >= 4 is 29.1 Å². The molecule has 0 saturated carbocycles. The van der Waals surface area contributed by atoms with Gasteiger partial charge >= 0.3 is 0 Å². The molecule has 1 amide bonds. The molecule has 0 radical (unpaired) electrons. The maximum absolute atomic E-state index is 12.6. The number of amides is 1. The van der Waals surface area contributed by atoms with Crippen LogP contribution in [0.4, 0.5) is 10.1 Å². The lowest BCUT2D eigenvalue weighted by molar-refractivity contribution is -0.118. The molecule has 0 spiro atoms. The molecule has 1 aromatic carbocycles. The third-order valence-corrected chi connectivity index (χ3v) is 4.04. The Morgan fingerprint density at radius 2 is 2.22 bits per heavy atom. The Kier molecular flexibility index (Phi) is 3.71. The van der Waals surface area contributed by atoms with Crippen molar-refractivity contribution in [1.29, 1.82) is 0 Å². The Morgan fingerprint density at radius 1 is 1.50 bits per heavy atom. The lowest BCUT2D eigenvalue weighted by Gasteiger charge is -2.32. The van der Waals surface area contributed by atoms with Crippen LogP contribution in [0, 0.1) is 0 Å². The van der Waals surface area contributed by atoms with Crippen LogP contribution in [0.15, 0.2) is 23.1 Å². The molecular weight excluding hydrogens is 253 g/mol. The van der Waals surface area contributed by atoms with E-state index in [2.05, 4.69) is 0 Å². The fraction of sp³-hybridized carbons (Fsp3) is 0.385. The van der Waals surface area contributed by atoms with Crippen LogP contribution < -0.4 is 4.90 Å². The van der Waals surface area contributed by atoms with Gasteiger partial charge in [0, 0.05) is 10.5 Å². The molecule has 3 nitrogen and oxygen atoms in total. The molecule has 0 aliphatic carbocycles. The summed E-state index contributed by atoms with van der Waals surface area (Å²) in [4.78, 5) is 25.7. The summed E-state index contributed by atoms with van der Waals surface area (Å²) in [5.74, 6) is -0.167. The molecule has 1 atom stereocenters. The molecule has 2 rings (SSSR count). The van der Waals surface area contributed by atoms with E-state index in [-0.39, 0.29) is 23.5 Å². The second-order valence-corrected chi connectivity index (χ2v) is 5.56. The van der Waals surface area contributed by atoms with E-state index in [0.29, 0.717) is 11.3 Å². The van der Waals surface area contributed by atoms with Gasteiger partial charge in [-0.2, -0.15) is 0 Å². The number of Topliss-reactive ketones (excluding diaryl/α,β-unsaturated/α-hetero) is 1. The molecule has 0 N–H and O–H groups in total. The molecule has 1 aliphatic heterocycles. The molecular formula is C13H14FNO2S. The first-order valence-electron chi connectivity index (χ1n) is 5.73. The van der Waals surface area contributed by atoms with Gasteiger partial charge in [-0.05, 0) is 26.0 Å². The Labute approximate surface area is 109 Å². The lowest BCUT2D eigenvalue weighted by Crippen LogP contribution is -2.41. The van der Waals surface area contributed by atoms with Crippen LogP contribution in [0.25, 0.3) is 0 Å². The smallest absolute Gasteiger partial charge is 0.240 e. The van der Waals surface area contributed by atoms with E-state index in [1.165, 1.54) is 23.6 Å². The van der Waals surface area contributed by atoms with Crippen molar-refractivity contribution in [2.45, 2.75) is 24.0 Å². The zero-order chi connectivity index (χ0) is 13.3. The monoisotopic (exact) mass is 267 g/mol. The van der Waals surface area contributed by atoms with Gasteiger partial charge in [0.1, 0.15) is 6.67 Å². The average molecular weight is 267 g/mol. The Hall–Kier alpha value is -1.36. The third kappa shape index (κ3) is 2.27. The van der Waals surface area contributed by atoms with Gasteiger partial charge in [-0.3, -0.25) is 9.59 Å². The van der Waals surface area contributed by atoms with Gasteiger partial charge in [0.15, 0.2) is 5.78 Å². The molecule has 1 aromatic rings. The van der Waals surface area contributed by atoms with Crippen LogP contribution >= 0.6 is 11.8 Å². The molecule has 5 heteroatoms. The molecule has 0 aromatic heterocycles. The van der Waals surface area contributed by atoms with Crippen LogP contribution in [0.2, 0.25) is 0 Å². The highest BCUT2D eigenvalue weighted by Gasteiger charge is 2.30. The van der Waals surface area contributed by atoms with Gasteiger partial charge in [0.2, 0.25) is 5.91 Å². The number of alkyl halides is 1. The van der Waals surface area contributed by atoms with Gasteiger partial charge in [0.05, 0.1) is 17.5 Å². The van der Waals surface area contributed by atoms with E-state index in [0.717, 1.165) is 4.90 Å². The summed E-state index contributed by atoms with van der Waals surface area (Å²) >= 11 is 1.45. The van der Waals surface area contributed by atoms with Crippen LogP contribution in [0.3, 0.4) is 0 Å². The summed E-state index contributed by atoms with van der Waals surface area (Å²) < 4.78 is 12.6. The number of hydrogen-bond donors (Lipinski definition) is 0. The largest absolute Gasteiger partial charge is 0.308 e.